The Morgan fingerprint density at radius 3 is 1.75 bits per heavy atom. The summed E-state index contributed by atoms with van der Waals surface area (Å²) < 4.78 is 0. The lowest BCUT2D eigenvalue weighted by molar-refractivity contribution is 0.0849. The number of rotatable bonds is 3. The van der Waals surface area contributed by atoms with Gasteiger partial charge in [0.25, 0.3) is 0 Å². The normalized spacial score (nSPS) is 12.1. The van der Waals surface area contributed by atoms with Gasteiger partial charge in [0.2, 0.25) is 0 Å². The number of carbonyl (C=O) groups is 2. The first-order valence-corrected chi connectivity index (χ1v) is 8.31. The van der Waals surface area contributed by atoms with E-state index in [-0.39, 0.29) is 11.6 Å². The van der Waals surface area contributed by atoms with Gasteiger partial charge in [0.1, 0.15) is 0 Å². The van der Waals surface area contributed by atoms with E-state index in [1.165, 1.54) is 0 Å². The number of benzene rings is 2. The summed E-state index contributed by atoms with van der Waals surface area (Å²) in [6.45, 7) is 11.5. The molecular formula is C22H26O2. The van der Waals surface area contributed by atoms with E-state index in [1.807, 2.05) is 77.9 Å². The minimum atomic E-state index is -0.473. The van der Waals surface area contributed by atoms with E-state index in [9.17, 15) is 9.59 Å². The van der Waals surface area contributed by atoms with E-state index < -0.39 is 10.8 Å². The number of hydrogen-bond donors (Lipinski definition) is 0. The Bertz CT molecular complexity index is 757. The summed E-state index contributed by atoms with van der Waals surface area (Å²) in [7, 11) is 0. The van der Waals surface area contributed by atoms with Crippen LogP contribution in [0.5, 0.6) is 0 Å². The molecule has 0 radical (unpaired) electrons. The topological polar surface area (TPSA) is 34.1 Å². The monoisotopic (exact) mass is 322 g/mol. The zero-order chi connectivity index (χ0) is 18.1. The first-order chi connectivity index (χ1) is 11.0. The van der Waals surface area contributed by atoms with Crippen molar-refractivity contribution in [2.45, 2.75) is 41.5 Å². The van der Waals surface area contributed by atoms with Gasteiger partial charge in [-0.25, -0.2) is 0 Å². The van der Waals surface area contributed by atoms with Crippen LogP contribution in [0.25, 0.3) is 11.1 Å². The highest BCUT2D eigenvalue weighted by Gasteiger charge is 2.28. The van der Waals surface area contributed by atoms with Crippen molar-refractivity contribution in [2.75, 3.05) is 0 Å². The molecule has 0 atom stereocenters. The molecule has 2 aromatic rings. The van der Waals surface area contributed by atoms with Crippen LogP contribution in [0.3, 0.4) is 0 Å². The van der Waals surface area contributed by atoms with Gasteiger partial charge in [-0.3, -0.25) is 9.59 Å². The quantitative estimate of drug-likeness (QED) is 0.668. The van der Waals surface area contributed by atoms with Crippen LogP contribution >= 0.6 is 0 Å². The molecule has 0 spiro atoms. The Morgan fingerprint density at radius 1 is 0.708 bits per heavy atom. The predicted molar refractivity (Wildman–Crippen MR) is 99.4 cm³/mol. The average molecular weight is 322 g/mol. The molecule has 0 aliphatic rings. The van der Waals surface area contributed by atoms with E-state index in [4.69, 9.17) is 0 Å². The molecular weight excluding hydrogens is 296 g/mol. The van der Waals surface area contributed by atoms with Gasteiger partial charge in [0.15, 0.2) is 11.6 Å². The molecule has 24 heavy (non-hydrogen) atoms. The van der Waals surface area contributed by atoms with Crippen LogP contribution < -0.4 is 0 Å². The predicted octanol–water partition coefficient (Wildman–Crippen LogP) is 5.81. The molecule has 0 unspecified atom stereocenters. The number of ketones is 2. The molecule has 2 rings (SSSR count). The fourth-order valence-electron chi connectivity index (χ4n) is 2.58. The van der Waals surface area contributed by atoms with Gasteiger partial charge in [-0.05, 0) is 17.2 Å². The Morgan fingerprint density at radius 2 is 1.25 bits per heavy atom. The van der Waals surface area contributed by atoms with Crippen molar-refractivity contribution >= 4 is 11.6 Å². The van der Waals surface area contributed by atoms with E-state index in [0.29, 0.717) is 11.1 Å². The second kappa shape index (κ2) is 6.35. The van der Waals surface area contributed by atoms with Crippen LogP contribution in [0.2, 0.25) is 0 Å². The highest BCUT2D eigenvalue weighted by Crippen LogP contribution is 2.32. The maximum atomic E-state index is 12.9. The summed E-state index contributed by atoms with van der Waals surface area (Å²) >= 11 is 0. The van der Waals surface area contributed by atoms with Crippen molar-refractivity contribution in [2.24, 2.45) is 10.8 Å². The molecule has 0 aromatic heterocycles. The van der Waals surface area contributed by atoms with Gasteiger partial charge in [-0.15, -0.1) is 0 Å². The minimum Gasteiger partial charge on any atom is -0.294 e. The Balaban J connectivity index is 2.66. The zero-order valence-electron chi connectivity index (χ0n) is 15.4. The van der Waals surface area contributed by atoms with Crippen molar-refractivity contribution in [3.63, 3.8) is 0 Å². The molecule has 0 heterocycles. The lowest BCUT2D eigenvalue weighted by Gasteiger charge is -2.21. The maximum absolute atomic E-state index is 12.9. The average Bonchev–Trinajstić information content (AvgIpc) is 2.52. The molecule has 126 valence electrons. The summed E-state index contributed by atoms with van der Waals surface area (Å²) in [5.74, 6) is 0.158. The minimum absolute atomic E-state index is 0.0782. The van der Waals surface area contributed by atoms with E-state index >= 15 is 0 Å². The Labute approximate surface area is 144 Å². The molecule has 2 nitrogen and oxygen atoms in total. The third-order valence-corrected chi connectivity index (χ3v) is 3.97. The zero-order valence-corrected chi connectivity index (χ0v) is 15.4. The van der Waals surface area contributed by atoms with Crippen molar-refractivity contribution in [1.29, 1.82) is 0 Å². The summed E-state index contributed by atoms with van der Waals surface area (Å²) in [4.78, 5) is 25.5. The van der Waals surface area contributed by atoms with Gasteiger partial charge in [0, 0.05) is 22.0 Å². The molecule has 0 saturated carbocycles. The number of hydrogen-bond acceptors (Lipinski definition) is 2. The van der Waals surface area contributed by atoms with Crippen molar-refractivity contribution in [3.05, 3.63) is 59.7 Å². The van der Waals surface area contributed by atoms with Crippen molar-refractivity contribution in [3.8, 4) is 11.1 Å². The van der Waals surface area contributed by atoms with Crippen LogP contribution in [-0.2, 0) is 0 Å². The van der Waals surface area contributed by atoms with Gasteiger partial charge < -0.3 is 0 Å². The van der Waals surface area contributed by atoms with Crippen molar-refractivity contribution in [1.82, 2.24) is 0 Å². The third-order valence-electron chi connectivity index (χ3n) is 3.97. The summed E-state index contributed by atoms with van der Waals surface area (Å²) in [6.07, 6.45) is 0. The van der Waals surface area contributed by atoms with Crippen LogP contribution in [0, 0.1) is 10.8 Å². The van der Waals surface area contributed by atoms with E-state index in [0.717, 1.165) is 11.1 Å². The SMILES string of the molecule is CC(C)(C)C(=O)c1ccc(C(=O)C(C)(C)C)c(-c2ccccc2)c1. The van der Waals surface area contributed by atoms with Crippen LogP contribution in [0.15, 0.2) is 48.5 Å². The van der Waals surface area contributed by atoms with Crippen LogP contribution in [-0.4, -0.2) is 11.6 Å². The Hall–Kier alpha value is -2.22. The van der Waals surface area contributed by atoms with E-state index in [2.05, 4.69) is 0 Å². The summed E-state index contributed by atoms with van der Waals surface area (Å²) in [6, 6.07) is 15.2. The lowest BCUT2D eigenvalue weighted by Crippen LogP contribution is -2.23. The van der Waals surface area contributed by atoms with Crippen LogP contribution in [0.4, 0.5) is 0 Å². The highest BCUT2D eigenvalue weighted by molar-refractivity contribution is 6.08. The molecule has 0 N–H and O–H groups in total. The second-order valence-electron chi connectivity index (χ2n) is 8.28. The van der Waals surface area contributed by atoms with Gasteiger partial charge in [-0.1, -0.05) is 84.0 Å². The van der Waals surface area contributed by atoms with E-state index in [1.54, 1.807) is 12.1 Å². The van der Waals surface area contributed by atoms with Gasteiger partial charge >= 0.3 is 0 Å². The molecule has 0 bridgehead atoms. The fourth-order valence-corrected chi connectivity index (χ4v) is 2.58. The smallest absolute Gasteiger partial charge is 0.168 e. The summed E-state index contributed by atoms with van der Waals surface area (Å²) in [5.41, 5.74) is 2.16. The summed E-state index contributed by atoms with van der Waals surface area (Å²) in [5, 5.41) is 0. The molecule has 0 aliphatic carbocycles. The molecule has 0 saturated heterocycles. The van der Waals surface area contributed by atoms with Gasteiger partial charge in [-0.2, -0.15) is 0 Å². The Kier molecular flexibility index (Phi) is 4.80. The largest absolute Gasteiger partial charge is 0.294 e. The number of carbonyl (C=O) groups excluding carboxylic acids is 2. The fraction of sp³-hybridized carbons (Fsp3) is 0.364. The number of Topliss-reactive ketones (excluding diaryl/α,β-unsaturated/α-hetero) is 2. The molecule has 2 aromatic carbocycles. The first kappa shape index (κ1) is 18.1. The molecule has 0 fully saturated rings. The third kappa shape index (κ3) is 3.81. The second-order valence-corrected chi connectivity index (χ2v) is 8.28. The van der Waals surface area contributed by atoms with Gasteiger partial charge in [0.05, 0.1) is 0 Å². The highest BCUT2D eigenvalue weighted by atomic mass is 16.1. The molecule has 0 aliphatic heterocycles. The standard InChI is InChI=1S/C22H26O2/c1-21(2,3)19(23)16-12-13-17(20(24)22(4,5)6)18(14-16)15-10-8-7-9-11-15/h7-14H,1-6H3. The van der Waals surface area contributed by atoms with Crippen molar-refractivity contribution < 1.29 is 9.59 Å². The molecule has 2 heteroatoms. The maximum Gasteiger partial charge on any atom is 0.168 e. The molecule has 0 amide bonds. The first-order valence-electron chi connectivity index (χ1n) is 8.31. The lowest BCUT2D eigenvalue weighted by atomic mass is 9.80. The van der Waals surface area contributed by atoms with Crippen LogP contribution in [0.1, 0.15) is 62.3 Å².